The van der Waals surface area contributed by atoms with Gasteiger partial charge in [0.1, 0.15) is 13.2 Å². The first-order valence-electron chi connectivity index (χ1n) is 29.4. The quantitative estimate of drug-likeness (QED) is 0.0344. The summed E-state index contributed by atoms with van der Waals surface area (Å²) in [7, 11) is 0. The largest absolute Gasteiger partial charge is 0.462 e. The molecule has 0 aliphatic heterocycles. The monoisotopic (exact) mass is 919 g/mol. The molecule has 0 aliphatic rings. The lowest BCUT2D eigenvalue weighted by molar-refractivity contribution is -0.167. The van der Waals surface area contributed by atoms with E-state index in [0.717, 1.165) is 63.7 Å². The van der Waals surface area contributed by atoms with Gasteiger partial charge in [-0.2, -0.15) is 0 Å². The van der Waals surface area contributed by atoms with Gasteiger partial charge in [0.25, 0.3) is 0 Å². The Balaban J connectivity index is 4.25. The Morgan fingerprint density at radius 1 is 0.292 bits per heavy atom. The molecular formula is C59H114O6. The Labute approximate surface area is 406 Å². The Hall–Kier alpha value is -1.59. The average molecular weight is 920 g/mol. The van der Waals surface area contributed by atoms with Crippen LogP contribution in [0.25, 0.3) is 0 Å². The summed E-state index contributed by atoms with van der Waals surface area (Å²) in [5, 5.41) is 0. The number of rotatable bonds is 54. The molecule has 0 bridgehead atoms. The number of carbonyl (C=O) groups excluding carboxylic acids is 3. The standard InChI is InChI=1S/C59H114O6/c1-5-7-9-11-13-15-17-19-21-23-25-27-29-31-35-39-43-47-51-58(61)64-54-56(65-59(62)52-48-44-40-36-32-33-37-41-45-49-55(3)4)53-63-57(60)50-46-42-38-34-30-28-26-24-22-20-18-16-14-12-10-8-6-2/h55-56H,5-54H2,1-4H3/t56-/m0/s1. The van der Waals surface area contributed by atoms with E-state index in [4.69, 9.17) is 14.2 Å². The predicted octanol–water partition coefficient (Wildman–Crippen LogP) is 19.4. The van der Waals surface area contributed by atoms with Gasteiger partial charge in [-0.05, 0) is 25.2 Å². The van der Waals surface area contributed by atoms with Crippen LogP contribution in [0.4, 0.5) is 0 Å². The van der Waals surface area contributed by atoms with E-state index in [1.54, 1.807) is 0 Å². The Morgan fingerprint density at radius 3 is 0.754 bits per heavy atom. The summed E-state index contributed by atoms with van der Waals surface area (Å²) in [5.74, 6) is -0.0307. The van der Waals surface area contributed by atoms with Crippen molar-refractivity contribution in [3.05, 3.63) is 0 Å². The van der Waals surface area contributed by atoms with Gasteiger partial charge in [0, 0.05) is 19.3 Å². The first-order valence-corrected chi connectivity index (χ1v) is 29.4. The highest BCUT2D eigenvalue weighted by molar-refractivity contribution is 5.71. The lowest BCUT2D eigenvalue weighted by atomic mass is 10.0. The summed E-state index contributed by atoms with van der Waals surface area (Å²) in [5.41, 5.74) is 0. The summed E-state index contributed by atoms with van der Waals surface area (Å²) in [6.07, 6.45) is 58.1. The molecule has 0 aromatic rings. The van der Waals surface area contributed by atoms with Crippen LogP contribution in [-0.4, -0.2) is 37.2 Å². The fourth-order valence-corrected chi connectivity index (χ4v) is 9.10. The number of ether oxygens (including phenoxy) is 3. The molecule has 0 N–H and O–H groups in total. The average Bonchev–Trinajstić information content (AvgIpc) is 3.29. The van der Waals surface area contributed by atoms with Crippen LogP contribution in [0, 0.1) is 5.92 Å². The van der Waals surface area contributed by atoms with Gasteiger partial charge in [-0.1, -0.05) is 297 Å². The Kier molecular flexibility index (Phi) is 52.1. The van der Waals surface area contributed by atoms with Crippen LogP contribution < -0.4 is 0 Å². The minimum atomic E-state index is -0.762. The maximum absolute atomic E-state index is 12.8. The van der Waals surface area contributed by atoms with Gasteiger partial charge in [-0.3, -0.25) is 14.4 Å². The lowest BCUT2D eigenvalue weighted by Crippen LogP contribution is -2.30. The smallest absolute Gasteiger partial charge is 0.306 e. The SMILES string of the molecule is CCCCCCCCCCCCCCCCCCCCC(=O)OC[C@H](COC(=O)CCCCCCCCCCCCCCCCCCC)OC(=O)CCCCCCCCCCCC(C)C. The third-order valence-corrected chi connectivity index (χ3v) is 13.5. The zero-order chi connectivity index (χ0) is 47.4. The molecule has 0 saturated heterocycles. The second kappa shape index (κ2) is 53.4. The molecule has 0 heterocycles. The molecule has 0 unspecified atom stereocenters. The maximum atomic E-state index is 12.8. The number of hydrogen-bond acceptors (Lipinski definition) is 6. The van der Waals surface area contributed by atoms with Crippen molar-refractivity contribution < 1.29 is 28.6 Å². The van der Waals surface area contributed by atoms with Gasteiger partial charge >= 0.3 is 17.9 Å². The van der Waals surface area contributed by atoms with Gasteiger partial charge in [0.05, 0.1) is 0 Å². The molecule has 6 heteroatoms. The molecule has 0 spiro atoms. The van der Waals surface area contributed by atoms with E-state index in [1.807, 2.05) is 0 Å². The van der Waals surface area contributed by atoms with E-state index in [9.17, 15) is 14.4 Å². The third-order valence-electron chi connectivity index (χ3n) is 13.5. The summed E-state index contributed by atoms with van der Waals surface area (Å²) >= 11 is 0. The fourth-order valence-electron chi connectivity index (χ4n) is 9.10. The van der Waals surface area contributed by atoms with Crippen LogP contribution in [0.1, 0.15) is 336 Å². The summed E-state index contributed by atoms with van der Waals surface area (Å²) in [6.45, 7) is 9.04. The van der Waals surface area contributed by atoms with Gasteiger partial charge in [-0.25, -0.2) is 0 Å². The zero-order valence-electron chi connectivity index (χ0n) is 44.5. The normalized spacial score (nSPS) is 12.0. The molecule has 0 aromatic carbocycles. The number of carbonyl (C=O) groups is 3. The molecule has 0 amide bonds. The van der Waals surface area contributed by atoms with E-state index < -0.39 is 6.10 Å². The molecule has 0 rings (SSSR count). The first-order chi connectivity index (χ1) is 31.9. The highest BCUT2D eigenvalue weighted by atomic mass is 16.6. The van der Waals surface area contributed by atoms with E-state index in [-0.39, 0.29) is 31.1 Å². The van der Waals surface area contributed by atoms with Crippen molar-refractivity contribution in [2.75, 3.05) is 13.2 Å². The molecular weight excluding hydrogens is 805 g/mol. The minimum Gasteiger partial charge on any atom is -0.462 e. The van der Waals surface area contributed by atoms with E-state index in [2.05, 4.69) is 27.7 Å². The zero-order valence-corrected chi connectivity index (χ0v) is 44.5. The molecule has 6 nitrogen and oxygen atoms in total. The molecule has 0 saturated carbocycles. The molecule has 1 atom stereocenters. The predicted molar refractivity (Wildman–Crippen MR) is 280 cm³/mol. The van der Waals surface area contributed by atoms with E-state index in [0.29, 0.717) is 19.3 Å². The van der Waals surface area contributed by atoms with E-state index in [1.165, 1.54) is 231 Å². The van der Waals surface area contributed by atoms with Crippen molar-refractivity contribution in [1.29, 1.82) is 0 Å². The second-order valence-electron chi connectivity index (χ2n) is 20.8. The van der Waals surface area contributed by atoms with Crippen LogP contribution in [0.2, 0.25) is 0 Å². The molecule has 0 aromatic heterocycles. The molecule has 0 fully saturated rings. The van der Waals surface area contributed by atoms with Gasteiger partial charge < -0.3 is 14.2 Å². The van der Waals surface area contributed by atoms with Crippen molar-refractivity contribution >= 4 is 17.9 Å². The van der Waals surface area contributed by atoms with Crippen LogP contribution in [0.15, 0.2) is 0 Å². The fraction of sp³-hybridized carbons (Fsp3) is 0.949. The first kappa shape index (κ1) is 63.4. The van der Waals surface area contributed by atoms with Gasteiger partial charge in [0.15, 0.2) is 6.10 Å². The summed E-state index contributed by atoms with van der Waals surface area (Å²) < 4.78 is 16.9. The number of unbranched alkanes of at least 4 members (excludes halogenated alkanes) is 41. The van der Waals surface area contributed by atoms with Gasteiger partial charge in [0.2, 0.25) is 0 Å². The summed E-state index contributed by atoms with van der Waals surface area (Å²) in [4.78, 5) is 38.1. The highest BCUT2D eigenvalue weighted by Crippen LogP contribution is 2.18. The second-order valence-corrected chi connectivity index (χ2v) is 20.8. The van der Waals surface area contributed by atoms with Crippen molar-refractivity contribution in [2.24, 2.45) is 5.92 Å². The maximum Gasteiger partial charge on any atom is 0.306 e. The molecule has 0 aliphatic carbocycles. The molecule has 65 heavy (non-hydrogen) atoms. The van der Waals surface area contributed by atoms with Crippen LogP contribution in [-0.2, 0) is 28.6 Å². The topological polar surface area (TPSA) is 78.9 Å². The number of esters is 3. The van der Waals surface area contributed by atoms with Crippen molar-refractivity contribution in [3.63, 3.8) is 0 Å². The van der Waals surface area contributed by atoms with Gasteiger partial charge in [-0.15, -0.1) is 0 Å². The minimum absolute atomic E-state index is 0.0623. The Bertz CT molecular complexity index is 980. The van der Waals surface area contributed by atoms with Crippen molar-refractivity contribution in [2.45, 2.75) is 342 Å². The molecule has 0 radical (unpaired) electrons. The van der Waals surface area contributed by atoms with Crippen molar-refractivity contribution in [1.82, 2.24) is 0 Å². The lowest BCUT2D eigenvalue weighted by Gasteiger charge is -2.18. The van der Waals surface area contributed by atoms with E-state index >= 15 is 0 Å². The Morgan fingerprint density at radius 2 is 0.508 bits per heavy atom. The number of hydrogen-bond donors (Lipinski definition) is 0. The highest BCUT2D eigenvalue weighted by Gasteiger charge is 2.19. The third kappa shape index (κ3) is 53.2. The van der Waals surface area contributed by atoms with Crippen LogP contribution >= 0.6 is 0 Å². The molecule has 386 valence electrons. The van der Waals surface area contributed by atoms with Crippen molar-refractivity contribution in [3.8, 4) is 0 Å². The van der Waals surface area contributed by atoms with Crippen LogP contribution in [0.3, 0.4) is 0 Å². The summed E-state index contributed by atoms with van der Waals surface area (Å²) in [6, 6.07) is 0. The van der Waals surface area contributed by atoms with Crippen LogP contribution in [0.5, 0.6) is 0 Å².